The van der Waals surface area contributed by atoms with Crippen LogP contribution in [-0.2, 0) is 11.3 Å². The molecule has 5 aromatic rings. The second-order valence-electron chi connectivity index (χ2n) is 9.05. The molecule has 0 fully saturated rings. The largest absolute Gasteiger partial charge is 0.352 e. The van der Waals surface area contributed by atoms with Gasteiger partial charge in [0.05, 0.1) is 5.69 Å². The molecule has 1 atom stereocenters. The van der Waals surface area contributed by atoms with Crippen LogP contribution in [0.25, 0.3) is 22.6 Å². The summed E-state index contributed by atoms with van der Waals surface area (Å²) in [6.45, 7) is 3.46. The Hall–Kier alpha value is -4.92. The molecule has 39 heavy (non-hydrogen) atoms. The molecular formula is C30H28FN7O. The molecule has 3 aromatic carbocycles. The fourth-order valence-electron chi connectivity index (χ4n) is 4.39. The first kappa shape index (κ1) is 25.7. The van der Waals surface area contributed by atoms with E-state index in [1.165, 1.54) is 0 Å². The highest BCUT2D eigenvalue weighted by molar-refractivity contribution is 5.96. The van der Waals surface area contributed by atoms with Crippen molar-refractivity contribution >= 4 is 17.4 Å². The number of carbonyl (C=O) groups excluding carboxylic acids is 1. The molecule has 196 valence electrons. The average Bonchev–Trinajstić information content (AvgIpc) is 3.52. The zero-order chi connectivity index (χ0) is 27.0. The summed E-state index contributed by atoms with van der Waals surface area (Å²) in [7, 11) is 0. The molecule has 0 bridgehead atoms. The van der Waals surface area contributed by atoms with Gasteiger partial charge in [-0.25, -0.2) is 9.37 Å². The molecule has 5 rings (SSSR count). The molecule has 2 heterocycles. The number of anilines is 2. The van der Waals surface area contributed by atoms with Crippen molar-refractivity contribution in [3.8, 4) is 22.6 Å². The van der Waals surface area contributed by atoms with E-state index in [4.69, 9.17) is 4.98 Å². The third-order valence-electron chi connectivity index (χ3n) is 6.22. The number of alkyl halides is 1. The van der Waals surface area contributed by atoms with Gasteiger partial charge in [-0.3, -0.25) is 4.79 Å². The van der Waals surface area contributed by atoms with Gasteiger partial charge in [0.2, 0.25) is 12.0 Å². The monoisotopic (exact) mass is 521 g/mol. The van der Waals surface area contributed by atoms with Gasteiger partial charge in [-0.05, 0) is 28.8 Å². The number of amides is 1. The highest BCUT2D eigenvalue weighted by atomic mass is 19.1. The van der Waals surface area contributed by atoms with Gasteiger partial charge >= 0.3 is 0 Å². The van der Waals surface area contributed by atoms with Crippen molar-refractivity contribution in [1.29, 1.82) is 0 Å². The summed E-state index contributed by atoms with van der Waals surface area (Å²) in [4.78, 5) is 20.1. The quantitative estimate of drug-likeness (QED) is 0.234. The Kier molecular flexibility index (Phi) is 7.97. The molecular weight excluding hydrogens is 493 g/mol. The Morgan fingerprint density at radius 2 is 1.64 bits per heavy atom. The number of benzene rings is 3. The maximum Gasteiger partial charge on any atom is 0.263 e. The van der Waals surface area contributed by atoms with E-state index < -0.39 is 12.1 Å². The van der Waals surface area contributed by atoms with Gasteiger partial charge < -0.3 is 10.2 Å². The Bertz CT molecular complexity index is 1510. The first-order valence-electron chi connectivity index (χ1n) is 12.8. The number of carbonyl (C=O) groups is 1. The number of hydrogen-bond donors (Lipinski definition) is 2. The van der Waals surface area contributed by atoms with E-state index in [2.05, 4.69) is 49.9 Å². The molecule has 1 amide bonds. The van der Waals surface area contributed by atoms with Gasteiger partial charge in [0.25, 0.3) is 5.91 Å². The molecule has 1 unspecified atom stereocenters. The summed E-state index contributed by atoms with van der Waals surface area (Å²) in [6, 6.07) is 29.6. The molecule has 0 aliphatic heterocycles. The third kappa shape index (κ3) is 6.15. The molecule has 0 saturated carbocycles. The number of aromatic amines is 1. The number of aromatic nitrogens is 5. The summed E-state index contributed by atoms with van der Waals surface area (Å²) < 4.78 is 15.1. The average molecular weight is 522 g/mol. The first-order chi connectivity index (χ1) is 19.1. The summed E-state index contributed by atoms with van der Waals surface area (Å²) in [6.07, 6.45) is -0.922. The van der Waals surface area contributed by atoms with Crippen molar-refractivity contribution in [2.45, 2.75) is 26.1 Å². The van der Waals surface area contributed by atoms with Gasteiger partial charge in [-0.15, -0.1) is 10.2 Å². The van der Waals surface area contributed by atoms with E-state index in [0.29, 0.717) is 35.1 Å². The van der Waals surface area contributed by atoms with Gasteiger partial charge in [-0.1, -0.05) is 91.9 Å². The lowest BCUT2D eigenvalue weighted by Gasteiger charge is -2.25. The van der Waals surface area contributed by atoms with Crippen molar-refractivity contribution in [1.82, 2.24) is 25.6 Å². The van der Waals surface area contributed by atoms with Crippen LogP contribution in [0.1, 0.15) is 30.6 Å². The van der Waals surface area contributed by atoms with Crippen molar-refractivity contribution in [2.24, 2.45) is 0 Å². The number of nitrogens with one attached hydrogen (secondary N) is 2. The van der Waals surface area contributed by atoms with Crippen LogP contribution in [0.4, 0.5) is 15.9 Å². The SMILES string of the molecule is CCCN(Cc1ccccc1)c1cc(NC(=O)C(F)c2ccccc2)cc(-c2ccccc2-c2nn[nH]n2)n1. The molecule has 0 radical (unpaired) electrons. The number of tetrazole rings is 1. The maximum absolute atomic E-state index is 15.1. The summed E-state index contributed by atoms with van der Waals surface area (Å²) in [5, 5.41) is 17.2. The van der Waals surface area contributed by atoms with E-state index in [1.54, 1.807) is 42.5 Å². The zero-order valence-corrected chi connectivity index (χ0v) is 21.5. The van der Waals surface area contributed by atoms with Crippen molar-refractivity contribution < 1.29 is 9.18 Å². The zero-order valence-electron chi connectivity index (χ0n) is 21.5. The highest BCUT2D eigenvalue weighted by Gasteiger charge is 2.22. The second-order valence-corrected chi connectivity index (χ2v) is 9.05. The van der Waals surface area contributed by atoms with Gasteiger partial charge in [0.1, 0.15) is 5.82 Å². The van der Waals surface area contributed by atoms with Crippen LogP contribution in [0, 0.1) is 0 Å². The molecule has 8 nitrogen and oxygen atoms in total. The summed E-state index contributed by atoms with van der Waals surface area (Å²) in [5.41, 5.74) is 3.94. The fourth-order valence-corrected chi connectivity index (χ4v) is 4.39. The fraction of sp³-hybridized carbons (Fsp3) is 0.167. The minimum absolute atomic E-state index is 0.295. The lowest BCUT2D eigenvalue weighted by molar-refractivity contribution is -0.121. The van der Waals surface area contributed by atoms with Gasteiger partial charge in [0, 0.05) is 36.0 Å². The number of H-pyrrole nitrogens is 1. The van der Waals surface area contributed by atoms with Crippen molar-refractivity contribution in [3.05, 3.63) is 108 Å². The lowest BCUT2D eigenvalue weighted by atomic mass is 10.0. The lowest BCUT2D eigenvalue weighted by Crippen LogP contribution is -2.25. The van der Waals surface area contributed by atoms with Crippen molar-refractivity contribution in [2.75, 3.05) is 16.8 Å². The molecule has 0 spiro atoms. The molecule has 2 aromatic heterocycles. The van der Waals surface area contributed by atoms with Crippen LogP contribution in [0.3, 0.4) is 0 Å². The molecule has 0 saturated heterocycles. The van der Waals surface area contributed by atoms with E-state index in [0.717, 1.165) is 29.7 Å². The first-order valence-corrected chi connectivity index (χ1v) is 12.8. The van der Waals surface area contributed by atoms with Crippen LogP contribution in [0.15, 0.2) is 97.1 Å². The second kappa shape index (κ2) is 12.1. The van der Waals surface area contributed by atoms with E-state index >= 15 is 4.39 Å². The van der Waals surface area contributed by atoms with Crippen LogP contribution in [0.5, 0.6) is 0 Å². The minimum Gasteiger partial charge on any atom is -0.352 e. The number of rotatable bonds is 10. The van der Waals surface area contributed by atoms with Gasteiger partial charge in [0.15, 0.2) is 0 Å². The van der Waals surface area contributed by atoms with E-state index in [-0.39, 0.29) is 0 Å². The molecule has 0 aliphatic rings. The Labute approximate surface area is 225 Å². The van der Waals surface area contributed by atoms with E-state index in [9.17, 15) is 4.79 Å². The smallest absolute Gasteiger partial charge is 0.263 e. The Balaban J connectivity index is 1.56. The van der Waals surface area contributed by atoms with Crippen LogP contribution in [0.2, 0.25) is 0 Å². The van der Waals surface area contributed by atoms with Gasteiger partial charge in [-0.2, -0.15) is 5.21 Å². The predicted molar refractivity (Wildman–Crippen MR) is 150 cm³/mol. The number of hydrogen-bond acceptors (Lipinski definition) is 6. The highest BCUT2D eigenvalue weighted by Crippen LogP contribution is 2.33. The number of pyridine rings is 1. The minimum atomic E-state index is -1.81. The van der Waals surface area contributed by atoms with Crippen LogP contribution < -0.4 is 10.2 Å². The normalized spacial score (nSPS) is 11.6. The molecule has 2 N–H and O–H groups in total. The third-order valence-corrected chi connectivity index (χ3v) is 6.22. The van der Waals surface area contributed by atoms with Crippen LogP contribution in [-0.4, -0.2) is 38.1 Å². The number of nitrogens with zero attached hydrogens (tertiary/aromatic N) is 5. The molecule has 0 aliphatic carbocycles. The van der Waals surface area contributed by atoms with Crippen molar-refractivity contribution in [3.63, 3.8) is 0 Å². The number of halogens is 1. The maximum atomic E-state index is 15.1. The standard InChI is InChI=1S/C30H28FN7O/c1-2-17-38(20-21-11-5-3-6-12-21)27-19-23(32-30(39)28(31)22-13-7-4-8-14-22)18-26(33-27)24-15-9-10-16-25(24)29-34-36-37-35-29/h3-16,18-19,28H,2,17,20H2,1H3,(H,32,33,39)(H,34,35,36,37). The topological polar surface area (TPSA) is 99.7 Å². The van der Waals surface area contributed by atoms with E-state index in [1.807, 2.05) is 42.5 Å². The van der Waals surface area contributed by atoms with Crippen LogP contribution >= 0.6 is 0 Å². The molecule has 9 heteroatoms. The summed E-state index contributed by atoms with van der Waals surface area (Å²) >= 11 is 0. The predicted octanol–water partition coefficient (Wildman–Crippen LogP) is 5.99. The Morgan fingerprint density at radius 3 is 2.33 bits per heavy atom. The summed E-state index contributed by atoms with van der Waals surface area (Å²) in [5.74, 6) is 0.332. The Morgan fingerprint density at radius 1 is 0.949 bits per heavy atom.